The standard InChI is InChI=1S/C20H26N2O3/c1-3-14-8-10-15(11-9-14)13(2)21-18(23)12-22-19(24)16-6-4-5-7-17(16)20(22)25/h8-11,13,16-17H,3-7,12H2,1-2H3,(H,21,23). The number of imide groups is 1. The van der Waals surface area contributed by atoms with Gasteiger partial charge in [-0.25, -0.2) is 0 Å². The molecule has 2 aliphatic rings. The highest BCUT2D eigenvalue weighted by molar-refractivity contribution is 6.07. The molecule has 3 unspecified atom stereocenters. The number of amides is 3. The second kappa shape index (κ2) is 7.38. The monoisotopic (exact) mass is 342 g/mol. The zero-order valence-corrected chi connectivity index (χ0v) is 15.0. The first kappa shape index (κ1) is 17.6. The first-order valence-electron chi connectivity index (χ1n) is 9.24. The molecule has 3 rings (SSSR count). The van der Waals surface area contributed by atoms with Crippen molar-refractivity contribution in [1.82, 2.24) is 10.2 Å². The van der Waals surface area contributed by atoms with Crippen LogP contribution in [-0.4, -0.2) is 29.2 Å². The van der Waals surface area contributed by atoms with Crippen LogP contribution < -0.4 is 5.32 Å². The van der Waals surface area contributed by atoms with Gasteiger partial charge in [0.15, 0.2) is 0 Å². The molecule has 1 aromatic rings. The summed E-state index contributed by atoms with van der Waals surface area (Å²) < 4.78 is 0. The second-order valence-corrected chi connectivity index (χ2v) is 7.14. The molecule has 2 fully saturated rings. The largest absolute Gasteiger partial charge is 0.348 e. The smallest absolute Gasteiger partial charge is 0.240 e. The van der Waals surface area contributed by atoms with E-state index in [-0.39, 0.29) is 42.1 Å². The molecule has 1 saturated heterocycles. The fourth-order valence-electron chi connectivity index (χ4n) is 3.94. The van der Waals surface area contributed by atoms with Gasteiger partial charge in [-0.05, 0) is 37.3 Å². The van der Waals surface area contributed by atoms with Crippen molar-refractivity contribution in [3.05, 3.63) is 35.4 Å². The first-order chi connectivity index (χ1) is 12.0. The maximum Gasteiger partial charge on any atom is 0.240 e. The van der Waals surface area contributed by atoms with Gasteiger partial charge in [-0.1, -0.05) is 44.0 Å². The van der Waals surface area contributed by atoms with Crippen molar-refractivity contribution >= 4 is 17.7 Å². The van der Waals surface area contributed by atoms with Crippen molar-refractivity contribution in [3.63, 3.8) is 0 Å². The van der Waals surface area contributed by atoms with E-state index in [0.717, 1.165) is 37.7 Å². The van der Waals surface area contributed by atoms with E-state index in [1.165, 1.54) is 10.5 Å². The van der Waals surface area contributed by atoms with E-state index in [9.17, 15) is 14.4 Å². The predicted octanol–water partition coefficient (Wildman–Crippen LogP) is 2.60. The van der Waals surface area contributed by atoms with E-state index in [1.807, 2.05) is 19.1 Å². The van der Waals surface area contributed by atoms with Crippen LogP contribution in [0.2, 0.25) is 0 Å². The number of carbonyl (C=O) groups is 3. The number of likely N-dealkylation sites (tertiary alicyclic amines) is 1. The molecule has 1 saturated carbocycles. The minimum Gasteiger partial charge on any atom is -0.348 e. The van der Waals surface area contributed by atoms with Crippen LogP contribution >= 0.6 is 0 Å². The van der Waals surface area contributed by atoms with Crippen molar-refractivity contribution in [2.45, 2.75) is 52.0 Å². The molecule has 1 heterocycles. The third-order valence-corrected chi connectivity index (χ3v) is 5.50. The van der Waals surface area contributed by atoms with Gasteiger partial charge in [0.1, 0.15) is 6.54 Å². The average molecular weight is 342 g/mol. The number of carbonyl (C=O) groups excluding carboxylic acids is 3. The molecule has 0 bridgehead atoms. The zero-order valence-electron chi connectivity index (χ0n) is 15.0. The SMILES string of the molecule is CCc1ccc(C(C)NC(=O)CN2C(=O)C3CCCCC3C2=O)cc1. The van der Waals surface area contributed by atoms with Crippen LogP contribution in [0.1, 0.15) is 56.7 Å². The molecule has 1 aliphatic carbocycles. The third kappa shape index (κ3) is 3.60. The molecule has 1 aliphatic heterocycles. The van der Waals surface area contributed by atoms with Crippen LogP contribution in [0, 0.1) is 11.8 Å². The van der Waals surface area contributed by atoms with Gasteiger partial charge in [-0.2, -0.15) is 0 Å². The number of benzene rings is 1. The number of hydrogen-bond acceptors (Lipinski definition) is 3. The molecular weight excluding hydrogens is 316 g/mol. The van der Waals surface area contributed by atoms with Crippen LogP contribution in [0.3, 0.4) is 0 Å². The van der Waals surface area contributed by atoms with E-state index in [2.05, 4.69) is 24.4 Å². The highest BCUT2D eigenvalue weighted by Gasteiger charge is 2.48. The Bertz CT molecular complexity index is 644. The molecular formula is C20H26N2O3. The van der Waals surface area contributed by atoms with E-state index in [4.69, 9.17) is 0 Å². The summed E-state index contributed by atoms with van der Waals surface area (Å²) in [5.41, 5.74) is 2.26. The van der Waals surface area contributed by atoms with Crippen molar-refractivity contribution in [1.29, 1.82) is 0 Å². The van der Waals surface area contributed by atoms with Gasteiger partial charge in [-0.3, -0.25) is 19.3 Å². The molecule has 0 aromatic heterocycles. The van der Waals surface area contributed by atoms with Gasteiger partial charge in [0.2, 0.25) is 17.7 Å². The summed E-state index contributed by atoms with van der Waals surface area (Å²) in [5, 5.41) is 2.90. The summed E-state index contributed by atoms with van der Waals surface area (Å²) in [6.07, 6.45) is 4.50. The minimum absolute atomic E-state index is 0.159. The van der Waals surface area contributed by atoms with E-state index in [0.29, 0.717) is 0 Å². The highest BCUT2D eigenvalue weighted by atomic mass is 16.2. The van der Waals surface area contributed by atoms with E-state index in [1.54, 1.807) is 0 Å². The molecule has 3 amide bonds. The Balaban J connectivity index is 1.60. The molecule has 1 N–H and O–H groups in total. The fourth-order valence-corrected chi connectivity index (χ4v) is 3.94. The minimum atomic E-state index is -0.285. The fraction of sp³-hybridized carbons (Fsp3) is 0.550. The van der Waals surface area contributed by atoms with Crippen LogP contribution in [0.15, 0.2) is 24.3 Å². The number of hydrogen-bond donors (Lipinski definition) is 1. The van der Waals surface area contributed by atoms with E-state index >= 15 is 0 Å². The van der Waals surface area contributed by atoms with Gasteiger partial charge in [0.25, 0.3) is 0 Å². The normalized spacial score (nSPS) is 24.2. The lowest BCUT2D eigenvalue weighted by molar-refractivity contribution is -0.143. The Labute approximate surface area is 148 Å². The van der Waals surface area contributed by atoms with Crippen LogP contribution in [-0.2, 0) is 20.8 Å². The summed E-state index contributed by atoms with van der Waals surface area (Å²) in [6.45, 7) is 3.84. The maximum absolute atomic E-state index is 12.4. The first-order valence-corrected chi connectivity index (χ1v) is 9.24. The molecule has 134 valence electrons. The zero-order chi connectivity index (χ0) is 18.0. The number of nitrogens with one attached hydrogen (secondary N) is 1. The van der Waals surface area contributed by atoms with Crippen LogP contribution in [0.25, 0.3) is 0 Å². The lowest BCUT2D eigenvalue weighted by atomic mass is 9.81. The molecule has 5 heteroatoms. The number of nitrogens with zero attached hydrogens (tertiary/aromatic N) is 1. The second-order valence-electron chi connectivity index (χ2n) is 7.14. The van der Waals surface area contributed by atoms with Crippen molar-refractivity contribution < 1.29 is 14.4 Å². The quantitative estimate of drug-likeness (QED) is 0.837. The Morgan fingerprint density at radius 2 is 1.68 bits per heavy atom. The lowest BCUT2D eigenvalue weighted by Gasteiger charge is -2.19. The van der Waals surface area contributed by atoms with Crippen molar-refractivity contribution in [2.24, 2.45) is 11.8 Å². The van der Waals surface area contributed by atoms with Gasteiger partial charge in [-0.15, -0.1) is 0 Å². The topological polar surface area (TPSA) is 66.5 Å². The molecule has 3 atom stereocenters. The number of rotatable bonds is 5. The average Bonchev–Trinajstić information content (AvgIpc) is 2.87. The predicted molar refractivity (Wildman–Crippen MR) is 94.5 cm³/mol. The molecule has 0 spiro atoms. The Morgan fingerprint density at radius 3 is 2.20 bits per heavy atom. The van der Waals surface area contributed by atoms with Crippen molar-refractivity contribution in [2.75, 3.05) is 6.54 Å². The van der Waals surface area contributed by atoms with Gasteiger partial charge >= 0.3 is 0 Å². The molecule has 25 heavy (non-hydrogen) atoms. The summed E-state index contributed by atoms with van der Waals surface area (Å²) in [7, 11) is 0. The molecule has 1 aromatic carbocycles. The Hall–Kier alpha value is -2.17. The lowest BCUT2D eigenvalue weighted by Crippen LogP contribution is -2.41. The molecule has 5 nitrogen and oxygen atoms in total. The highest BCUT2D eigenvalue weighted by Crippen LogP contribution is 2.37. The van der Waals surface area contributed by atoms with Crippen LogP contribution in [0.4, 0.5) is 0 Å². The summed E-state index contributed by atoms with van der Waals surface area (Å²) >= 11 is 0. The summed E-state index contributed by atoms with van der Waals surface area (Å²) in [6, 6.07) is 7.95. The van der Waals surface area contributed by atoms with Crippen molar-refractivity contribution in [3.8, 4) is 0 Å². The number of fused-ring (bicyclic) bond motifs is 1. The van der Waals surface area contributed by atoms with Gasteiger partial charge < -0.3 is 5.32 Å². The molecule has 0 radical (unpaired) electrons. The third-order valence-electron chi connectivity index (χ3n) is 5.50. The maximum atomic E-state index is 12.4. The summed E-state index contributed by atoms with van der Waals surface area (Å²) in [4.78, 5) is 38.4. The van der Waals surface area contributed by atoms with Gasteiger partial charge in [0.05, 0.1) is 17.9 Å². The summed E-state index contributed by atoms with van der Waals surface area (Å²) in [5.74, 6) is -1.01. The Morgan fingerprint density at radius 1 is 1.12 bits per heavy atom. The Kier molecular flexibility index (Phi) is 5.21. The van der Waals surface area contributed by atoms with E-state index < -0.39 is 0 Å². The number of aryl methyl sites for hydroxylation is 1. The van der Waals surface area contributed by atoms with Crippen LogP contribution in [0.5, 0.6) is 0 Å². The van der Waals surface area contributed by atoms with Gasteiger partial charge in [0, 0.05) is 0 Å².